The molecule has 0 spiro atoms. The van der Waals surface area contributed by atoms with Crippen LogP contribution in [0.25, 0.3) is 0 Å². The number of pyridine rings is 1. The highest BCUT2D eigenvalue weighted by atomic mass is 35.5. The monoisotopic (exact) mass is 245 g/mol. The van der Waals surface area contributed by atoms with E-state index in [1.807, 2.05) is 0 Å². The van der Waals surface area contributed by atoms with Crippen LogP contribution in [-0.2, 0) is 4.79 Å². The van der Waals surface area contributed by atoms with Gasteiger partial charge in [0, 0.05) is 18.5 Å². The third-order valence-corrected chi connectivity index (χ3v) is 2.70. The number of nitrogens with one attached hydrogen (secondary N) is 1. The first-order valence-electron chi connectivity index (χ1n) is 4.41. The SMILES string of the molecule is NCCSCC(=O)Nc1ccc(Cl)cn1. The van der Waals surface area contributed by atoms with Gasteiger partial charge in [-0.2, -0.15) is 11.8 Å². The van der Waals surface area contributed by atoms with Crippen LogP contribution in [0.1, 0.15) is 0 Å². The van der Waals surface area contributed by atoms with E-state index in [2.05, 4.69) is 10.3 Å². The van der Waals surface area contributed by atoms with Gasteiger partial charge in [0.05, 0.1) is 10.8 Å². The second kappa shape index (κ2) is 6.66. The Bertz CT molecular complexity index is 318. The second-order valence-electron chi connectivity index (χ2n) is 2.75. The van der Waals surface area contributed by atoms with Crippen LogP contribution in [0.5, 0.6) is 0 Å². The first-order chi connectivity index (χ1) is 7.22. The molecule has 1 aromatic rings. The Kier molecular flexibility index (Phi) is 5.45. The molecule has 0 fully saturated rings. The Balaban J connectivity index is 2.34. The number of aromatic nitrogens is 1. The molecule has 0 radical (unpaired) electrons. The van der Waals surface area contributed by atoms with Gasteiger partial charge in [-0.05, 0) is 12.1 Å². The van der Waals surface area contributed by atoms with E-state index in [4.69, 9.17) is 17.3 Å². The first-order valence-corrected chi connectivity index (χ1v) is 5.95. The summed E-state index contributed by atoms with van der Waals surface area (Å²) >= 11 is 7.15. The van der Waals surface area contributed by atoms with Crippen molar-refractivity contribution < 1.29 is 4.79 Å². The van der Waals surface area contributed by atoms with Crippen LogP contribution < -0.4 is 11.1 Å². The molecule has 1 amide bonds. The fraction of sp³-hybridized carbons (Fsp3) is 0.333. The molecule has 3 N–H and O–H groups in total. The van der Waals surface area contributed by atoms with Gasteiger partial charge >= 0.3 is 0 Å². The molecule has 0 saturated carbocycles. The maximum atomic E-state index is 11.3. The molecule has 6 heteroatoms. The van der Waals surface area contributed by atoms with Crippen LogP contribution in [0.4, 0.5) is 5.82 Å². The molecular formula is C9H12ClN3OS. The smallest absolute Gasteiger partial charge is 0.235 e. The predicted octanol–water partition coefficient (Wildman–Crippen LogP) is 1.37. The van der Waals surface area contributed by atoms with E-state index in [0.29, 0.717) is 23.1 Å². The summed E-state index contributed by atoms with van der Waals surface area (Å²) in [7, 11) is 0. The van der Waals surface area contributed by atoms with Gasteiger partial charge in [-0.25, -0.2) is 4.98 Å². The largest absolute Gasteiger partial charge is 0.330 e. The van der Waals surface area contributed by atoms with Crippen molar-refractivity contribution in [2.24, 2.45) is 5.73 Å². The predicted molar refractivity (Wildman–Crippen MR) is 64.3 cm³/mol. The van der Waals surface area contributed by atoms with Crippen LogP contribution in [-0.4, -0.2) is 28.9 Å². The molecule has 0 aliphatic heterocycles. The lowest BCUT2D eigenvalue weighted by Crippen LogP contribution is -2.16. The third-order valence-electron chi connectivity index (χ3n) is 1.49. The van der Waals surface area contributed by atoms with E-state index in [0.717, 1.165) is 5.75 Å². The summed E-state index contributed by atoms with van der Waals surface area (Å²) in [6, 6.07) is 3.34. The van der Waals surface area contributed by atoms with Crippen molar-refractivity contribution in [1.29, 1.82) is 0 Å². The Morgan fingerprint density at radius 2 is 2.40 bits per heavy atom. The van der Waals surface area contributed by atoms with Crippen LogP contribution in [0.15, 0.2) is 18.3 Å². The molecule has 0 aliphatic carbocycles. The zero-order valence-corrected chi connectivity index (χ0v) is 9.64. The number of nitrogens with zero attached hydrogens (tertiary/aromatic N) is 1. The molecule has 4 nitrogen and oxygen atoms in total. The summed E-state index contributed by atoms with van der Waals surface area (Å²) in [5, 5.41) is 3.20. The first kappa shape index (κ1) is 12.3. The Morgan fingerprint density at radius 3 is 3.00 bits per heavy atom. The van der Waals surface area contributed by atoms with Gasteiger partial charge in [-0.1, -0.05) is 11.6 Å². The number of thioether (sulfide) groups is 1. The lowest BCUT2D eigenvalue weighted by molar-refractivity contribution is -0.113. The van der Waals surface area contributed by atoms with Crippen molar-refractivity contribution in [3.8, 4) is 0 Å². The minimum Gasteiger partial charge on any atom is -0.330 e. The molecule has 1 heterocycles. The molecule has 0 saturated heterocycles. The molecular weight excluding hydrogens is 234 g/mol. The Labute approximate surface area is 97.6 Å². The van der Waals surface area contributed by atoms with Crippen LogP contribution in [0.2, 0.25) is 5.02 Å². The molecule has 0 atom stereocenters. The standard InChI is InChI=1S/C9H12ClN3OS/c10-7-1-2-8(12-5-7)13-9(14)6-15-4-3-11/h1-2,5H,3-4,6,11H2,(H,12,13,14). The molecule has 15 heavy (non-hydrogen) atoms. The quantitative estimate of drug-likeness (QED) is 0.769. The van der Waals surface area contributed by atoms with E-state index >= 15 is 0 Å². The Hall–Kier alpha value is -0.780. The van der Waals surface area contributed by atoms with E-state index in [9.17, 15) is 4.79 Å². The van der Waals surface area contributed by atoms with Gasteiger partial charge in [-0.15, -0.1) is 0 Å². The number of halogens is 1. The molecule has 0 aliphatic rings. The van der Waals surface area contributed by atoms with Crippen LogP contribution in [0.3, 0.4) is 0 Å². The topological polar surface area (TPSA) is 68.0 Å². The summed E-state index contributed by atoms with van der Waals surface area (Å²) < 4.78 is 0. The van der Waals surface area contributed by atoms with Gasteiger partial charge < -0.3 is 11.1 Å². The zero-order chi connectivity index (χ0) is 11.1. The normalized spacial score (nSPS) is 10.0. The molecule has 1 rings (SSSR count). The van der Waals surface area contributed by atoms with Crippen molar-refractivity contribution in [3.05, 3.63) is 23.4 Å². The fourth-order valence-corrected chi connectivity index (χ4v) is 1.56. The van der Waals surface area contributed by atoms with Gasteiger partial charge in [0.1, 0.15) is 5.82 Å². The van der Waals surface area contributed by atoms with E-state index in [1.54, 1.807) is 12.1 Å². The van der Waals surface area contributed by atoms with Gasteiger partial charge in [0.15, 0.2) is 0 Å². The number of carbonyl (C=O) groups is 1. The summed E-state index contributed by atoms with van der Waals surface area (Å²) in [5.41, 5.74) is 5.30. The number of hydrogen-bond acceptors (Lipinski definition) is 4. The van der Waals surface area contributed by atoms with Gasteiger partial charge in [0.25, 0.3) is 0 Å². The van der Waals surface area contributed by atoms with Crippen LogP contribution >= 0.6 is 23.4 Å². The van der Waals surface area contributed by atoms with Crippen molar-refractivity contribution >= 4 is 35.1 Å². The lowest BCUT2D eigenvalue weighted by Gasteiger charge is -2.03. The molecule has 82 valence electrons. The zero-order valence-electron chi connectivity index (χ0n) is 8.07. The Morgan fingerprint density at radius 1 is 1.60 bits per heavy atom. The highest BCUT2D eigenvalue weighted by molar-refractivity contribution is 7.99. The molecule has 0 aromatic carbocycles. The number of carbonyl (C=O) groups excluding carboxylic acids is 1. The molecule has 1 aromatic heterocycles. The minimum atomic E-state index is -0.0803. The summed E-state index contributed by atoms with van der Waals surface area (Å²) in [5.74, 6) is 1.60. The third kappa shape index (κ3) is 5.01. The number of amides is 1. The van der Waals surface area contributed by atoms with E-state index < -0.39 is 0 Å². The van der Waals surface area contributed by atoms with Crippen molar-refractivity contribution in [2.45, 2.75) is 0 Å². The second-order valence-corrected chi connectivity index (χ2v) is 4.29. The minimum absolute atomic E-state index is 0.0803. The molecule has 0 unspecified atom stereocenters. The average molecular weight is 246 g/mol. The summed E-state index contributed by atoms with van der Waals surface area (Å²) in [4.78, 5) is 15.3. The maximum Gasteiger partial charge on any atom is 0.235 e. The molecule has 0 bridgehead atoms. The lowest BCUT2D eigenvalue weighted by atomic mass is 10.4. The van der Waals surface area contributed by atoms with Gasteiger partial charge in [-0.3, -0.25) is 4.79 Å². The number of rotatable bonds is 5. The number of hydrogen-bond donors (Lipinski definition) is 2. The van der Waals surface area contributed by atoms with E-state index in [-0.39, 0.29) is 5.91 Å². The van der Waals surface area contributed by atoms with Crippen molar-refractivity contribution in [3.63, 3.8) is 0 Å². The highest BCUT2D eigenvalue weighted by Crippen LogP contribution is 2.09. The average Bonchev–Trinajstić information content (AvgIpc) is 2.22. The highest BCUT2D eigenvalue weighted by Gasteiger charge is 2.02. The van der Waals surface area contributed by atoms with Crippen molar-refractivity contribution in [2.75, 3.05) is 23.4 Å². The van der Waals surface area contributed by atoms with Crippen molar-refractivity contribution in [1.82, 2.24) is 4.98 Å². The van der Waals surface area contributed by atoms with Gasteiger partial charge in [0.2, 0.25) is 5.91 Å². The maximum absolute atomic E-state index is 11.3. The fourth-order valence-electron chi connectivity index (χ4n) is 0.877. The summed E-state index contributed by atoms with van der Waals surface area (Å²) in [6.45, 7) is 0.580. The van der Waals surface area contributed by atoms with Crippen LogP contribution in [0, 0.1) is 0 Å². The number of nitrogens with two attached hydrogens (primary N) is 1. The number of anilines is 1. The van der Waals surface area contributed by atoms with E-state index in [1.165, 1.54) is 18.0 Å². The summed E-state index contributed by atoms with van der Waals surface area (Å²) in [6.07, 6.45) is 1.49.